The first kappa shape index (κ1) is 14.6. The predicted molar refractivity (Wildman–Crippen MR) is 63.0 cm³/mol. The Morgan fingerprint density at radius 1 is 1.20 bits per heavy atom. The Bertz CT molecular complexity index is 295. The van der Waals surface area contributed by atoms with Crippen LogP contribution < -0.4 is 5.32 Å². The van der Waals surface area contributed by atoms with E-state index in [2.05, 4.69) is 33.4 Å². The van der Waals surface area contributed by atoms with Crippen molar-refractivity contribution in [3.63, 3.8) is 0 Å². The molecule has 86 valence electrons. The highest BCUT2D eigenvalue weighted by Gasteiger charge is 2.00. The molecule has 5 nitrogen and oxygen atoms in total. The minimum atomic E-state index is -4.64. The van der Waals surface area contributed by atoms with E-state index >= 15 is 0 Å². The van der Waals surface area contributed by atoms with E-state index < -0.39 is 7.82 Å². The number of anilines is 1. The van der Waals surface area contributed by atoms with Gasteiger partial charge in [0.2, 0.25) is 0 Å². The van der Waals surface area contributed by atoms with Crippen molar-refractivity contribution in [3.05, 3.63) is 30.3 Å². The van der Waals surface area contributed by atoms with Crippen LogP contribution >= 0.6 is 23.8 Å². The van der Waals surface area contributed by atoms with Gasteiger partial charge in [-0.25, -0.2) is 4.57 Å². The summed E-state index contributed by atoms with van der Waals surface area (Å²) in [5.41, 5.74) is 1.18. The Hall–Kier alpha value is -0.390. The van der Waals surface area contributed by atoms with Gasteiger partial charge in [0.15, 0.2) is 0 Å². The summed E-state index contributed by atoms with van der Waals surface area (Å²) < 4.78 is 8.88. The molecule has 1 rings (SSSR count). The molecule has 0 saturated heterocycles. The number of benzene rings is 1. The highest BCUT2D eigenvalue weighted by molar-refractivity contribution is 9.09. The Labute approximate surface area is 96.5 Å². The summed E-state index contributed by atoms with van der Waals surface area (Å²) in [6.07, 6.45) is 0. The van der Waals surface area contributed by atoms with E-state index in [1.54, 1.807) is 0 Å². The molecule has 1 aromatic rings. The van der Waals surface area contributed by atoms with Gasteiger partial charge in [0, 0.05) is 17.6 Å². The summed E-state index contributed by atoms with van der Waals surface area (Å²) in [6, 6.07) is 10.2. The molecule has 0 aliphatic heterocycles. The van der Waals surface area contributed by atoms with Crippen molar-refractivity contribution in [2.75, 3.05) is 17.2 Å². The fourth-order valence-corrected chi connectivity index (χ4v) is 0.946. The van der Waals surface area contributed by atoms with Crippen LogP contribution in [0.5, 0.6) is 0 Å². The molecule has 4 N–H and O–H groups in total. The van der Waals surface area contributed by atoms with Gasteiger partial charge in [-0.3, -0.25) is 0 Å². The van der Waals surface area contributed by atoms with Crippen LogP contribution in [0.2, 0.25) is 0 Å². The third kappa shape index (κ3) is 13.6. The predicted octanol–water partition coefficient (Wildman–Crippen LogP) is 1.56. The molecular formula is C8H13BrNO4P. The molecule has 7 heteroatoms. The van der Waals surface area contributed by atoms with E-state index in [9.17, 15) is 0 Å². The minimum Gasteiger partial charge on any atom is -0.384 e. The van der Waals surface area contributed by atoms with Gasteiger partial charge in [-0.1, -0.05) is 34.1 Å². The fraction of sp³-hybridized carbons (Fsp3) is 0.250. The number of halogens is 1. The Balaban J connectivity index is 0.000000336. The van der Waals surface area contributed by atoms with Gasteiger partial charge < -0.3 is 20.0 Å². The van der Waals surface area contributed by atoms with Crippen LogP contribution in [-0.4, -0.2) is 26.6 Å². The normalized spacial score (nSPS) is 10.1. The maximum absolute atomic E-state index is 8.88. The molecule has 0 unspecified atom stereocenters. The Morgan fingerprint density at radius 3 is 2.07 bits per heavy atom. The molecule has 0 amide bonds. The maximum atomic E-state index is 8.88. The first-order chi connectivity index (χ1) is 6.93. The molecule has 0 radical (unpaired) electrons. The van der Waals surface area contributed by atoms with Crippen molar-refractivity contribution in [1.82, 2.24) is 0 Å². The van der Waals surface area contributed by atoms with E-state index in [-0.39, 0.29) is 0 Å². The lowest BCUT2D eigenvalue weighted by molar-refractivity contribution is 0.275. The zero-order valence-corrected chi connectivity index (χ0v) is 10.4. The third-order valence-electron chi connectivity index (χ3n) is 1.20. The van der Waals surface area contributed by atoms with E-state index in [4.69, 9.17) is 19.2 Å². The van der Waals surface area contributed by atoms with Gasteiger partial charge in [0.05, 0.1) is 0 Å². The van der Waals surface area contributed by atoms with Gasteiger partial charge in [0.1, 0.15) is 0 Å². The molecule has 15 heavy (non-hydrogen) atoms. The van der Waals surface area contributed by atoms with Crippen molar-refractivity contribution >= 4 is 29.4 Å². The van der Waals surface area contributed by atoms with Crippen LogP contribution in [0.1, 0.15) is 0 Å². The van der Waals surface area contributed by atoms with Crippen LogP contribution in [0.4, 0.5) is 5.69 Å². The van der Waals surface area contributed by atoms with Crippen LogP contribution in [0, 0.1) is 0 Å². The summed E-state index contributed by atoms with van der Waals surface area (Å²) in [7, 11) is -4.64. The minimum absolute atomic E-state index is 0.976. The molecule has 1 aromatic carbocycles. The number of phosphoric acid groups is 1. The van der Waals surface area contributed by atoms with E-state index in [0.29, 0.717) is 0 Å². The molecule has 0 atom stereocenters. The average Bonchev–Trinajstić information content (AvgIpc) is 2.14. The van der Waals surface area contributed by atoms with Gasteiger partial charge in [0.25, 0.3) is 0 Å². The fourth-order valence-electron chi connectivity index (χ4n) is 0.748. The highest BCUT2D eigenvalue weighted by atomic mass is 79.9. The van der Waals surface area contributed by atoms with Crippen molar-refractivity contribution in [2.24, 2.45) is 0 Å². The van der Waals surface area contributed by atoms with Crippen molar-refractivity contribution < 1.29 is 19.2 Å². The standard InChI is InChI=1S/C8H10BrN.H3O4P/c9-6-7-10-8-4-2-1-3-5-8;1-5(2,3)4/h1-5,10H,6-7H2;(H3,1,2,3,4). The topological polar surface area (TPSA) is 89.8 Å². The van der Waals surface area contributed by atoms with Crippen molar-refractivity contribution in [1.29, 1.82) is 0 Å². The Kier molecular flexibility index (Phi) is 7.64. The number of alkyl halides is 1. The molecule has 0 bridgehead atoms. The van der Waals surface area contributed by atoms with Crippen LogP contribution in [0.15, 0.2) is 30.3 Å². The van der Waals surface area contributed by atoms with Gasteiger partial charge >= 0.3 is 7.82 Å². The summed E-state index contributed by atoms with van der Waals surface area (Å²) in [4.78, 5) is 21.6. The van der Waals surface area contributed by atoms with Crippen molar-refractivity contribution in [2.45, 2.75) is 0 Å². The molecule has 0 aromatic heterocycles. The number of rotatable bonds is 3. The lowest BCUT2D eigenvalue weighted by Crippen LogP contribution is -2.00. The number of hydrogen-bond acceptors (Lipinski definition) is 2. The van der Waals surface area contributed by atoms with Crippen molar-refractivity contribution in [3.8, 4) is 0 Å². The lowest BCUT2D eigenvalue weighted by atomic mass is 10.3. The first-order valence-electron chi connectivity index (χ1n) is 4.06. The van der Waals surface area contributed by atoms with E-state index in [1.807, 2.05) is 18.2 Å². The van der Waals surface area contributed by atoms with E-state index in [0.717, 1.165) is 11.9 Å². The lowest BCUT2D eigenvalue weighted by Gasteiger charge is -2.01. The van der Waals surface area contributed by atoms with Crippen LogP contribution in [0.25, 0.3) is 0 Å². The molecule has 0 aliphatic rings. The second-order valence-electron chi connectivity index (χ2n) is 2.50. The van der Waals surface area contributed by atoms with Crippen LogP contribution in [-0.2, 0) is 4.57 Å². The quantitative estimate of drug-likeness (QED) is 0.502. The Morgan fingerprint density at radius 2 is 1.67 bits per heavy atom. The zero-order valence-electron chi connectivity index (χ0n) is 7.88. The molecule has 0 heterocycles. The zero-order chi connectivity index (χ0) is 11.7. The van der Waals surface area contributed by atoms with E-state index in [1.165, 1.54) is 5.69 Å². The molecule has 0 fully saturated rings. The second kappa shape index (κ2) is 7.84. The molecule has 0 aliphatic carbocycles. The van der Waals surface area contributed by atoms with Gasteiger partial charge in [-0.05, 0) is 12.1 Å². The smallest absolute Gasteiger partial charge is 0.384 e. The highest BCUT2D eigenvalue weighted by Crippen LogP contribution is 2.25. The van der Waals surface area contributed by atoms with Gasteiger partial charge in [-0.15, -0.1) is 0 Å². The molecule has 0 saturated carbocycles. The summed E-state index contributed by atoms with van der Waals surface area (Å²) >= 11 is 3.34. The summed E-state index contributed by atoms with van der Waals surface area (Å²) in [5.74, 6) is 0. The molecular weight excluding hydrogens is 285 g/mol. The maximum Gasteiger partial charge on any atom is 0.466 e. The molecule has 0 spiro atoms. The SMILES string of the molecule is BrCCNc1ccccc1.O=P(O)(O)O. The largest absolute Gasteiger partial charge is 0.466 e. The number of para-hydroxylation sites is 1. The average molecular weight is 298 g/mol. The number of nitrogens with one attached hydrogen (secondary N) is 1. The monoisotopic (exact) mass is 297 g/mol. The number of hydrogen-bond donors (Lipinski definition) is 4. The first-order valence-corrected chi connectivity index (χ1v) is 6.75. The third-order valence-corrected chi connectivity index (χ3v) is 1.59. The van der Waals surface area contributed by atoms with Gasteiger partial charge in [-0.2, -0.15) is 0 Å². The second-order valence-corrected chi connectivity index (χ2v) is 4.31. The van der Waals surface area contributed by atoms with Crippen LogP contribution in [0.3, 0.4) is 0 Å². The summed E-state index contributed by atoms with van der Waals surface area (Å²) in [5, 5.41) is 4.24. The summed E-state index contributed by atoms with van der Waals surface area (Å²) in [6.45, 7) is 0.976.